The number of fused-ring (bicyclic) bond motifs is 3. The van der Waals surface area contributed by atoms with E-state index in [-0.39, 0.29) is 0 Å². The van der Waals surface area contributed by atoms with Gasteiger partial charge in [-0.25, -0.2) is 4.57 Å². The summed E-state index contributed by atoms with van der Waals surface area (Å²) in [6, 6.07) is 11.5. The molecule has 3 aromatic rings. The normalized spacial score (nSPS) is 23.3. The van der Waals surface area contributed by atoms with Gasteiger partial charge in [-0.05, 0) is 138 Å². The molecule has 3 atom stereocenters. The molecule has 0 aliphatic heterocycles. The summed E-state index contributed by atoms with van der Waals surface area (Å²) in [4.78, 5) is 0. The highest BCUT2D eigenvalue weighted by molar-refractivity contribution is 9.11. The molecule has 11 heteroatoms. The largest absolute Gasteiger partial charge is 0.476 e. The maximum Gasteiger partial charge on any atom is 0.476 e. The number of rotatable bonds is 6. The Balaban J connectivity index is 1.33. The molecule has 0 aromatic heterocycles. The van der Waals surface area contributed by atoms with Crippen molar-refractivity contribution in [1.29, 1.82) is 0 Å². The lowest BCUT2D eigenvalue weighted by Gasteiger charge is -2.28. The van der Waals surface area contributed by atoms with Crippen molar-refractivity contribution < 1.29 is 18.1 Å². The first-order valence-corrected chi connectivity index (χ1v) is 17.2. The third-order valence-corrected chi connectivity index (χ3v) is 13.0. The Labute approximate surface area is 261 Å². The number of hydrogen-bond donors (Lipinski definition) is 0. The molecule has 3 aromatic carbocycles. The Kier molecular flexibility index (Phi) is 8.21. The smallest absolute Gasteiger partial charge is 0.279 e. The van der Waals surface area contributed by atoms with Gasteiger partial charge < -0.3 is 0 Å². The minimum Gasteiger partial charge on any atom is -0.279 e. The molecule has 0 spiro atoms. The van der Waals surface area contributed by atoms with Gasteiger partial charge in [-0.15, -0.1) is 0 Å². The van der Waals surface area contributed by atoms with Crippen LogP contribution in [0.3, 0.4) is 0 Å². The molecular weight excluding hydrogens is 765 g/mol. The summed E-state index contributed by atoms with van der Waals surface area (Å²) >= 11 is 30.1. The molecule has 4 nitrogen and oxygen atoms in total. The van der Waals surface area contributed by atoms with Crippen molar-refractivity contribution in [3.05, 3.63) is 98.3 Å². The maximum atomic E-state index is 14.6. The van der Waals surface area contributed by atoms with E-state index in [9.17, 15) is 4.57 Å². The van der Waals surface area contributed by atoms with Gasteiger partial charge in [0.15, 0.2) is 0 Å². The highest BCUT2D eigenvalue weighted by Crippen LogP contribution is 2.63. The zero-order valence-corrected chi connectivity index (χ0v) is 27.7. The summed E-state index contributed by atoms with van der Waals surface area (Å²) in [5.41, 5.74) is 5.68. The average molecular weight is 787 g/mol. The molecule has 0 saturated heterocycles. The first-order valence-electron chi connectivity index (χ1n) is 12.2. The van der Waals surface area contributed by atoms with E-state index in [0.717, 1.165) is 46.8 Å². The Morgan fingerprint density at radius 2 is 0.868 bits per heavy atom. The number of halogens is 6. The van der Waals surface area contributed by atoms with Crippen LogP contribution in [-0.4, -0.2) is 0 Å². The van der Waals surface area contributed by atoms with Crippen LogP contribution in [0.4, 0.5) is 0 Å². The van der Waals surface area contributed by atoms with Crippen LogP contribution in [0, 0.1) is 0 Å². The number of phosphoric acid groups is 1. The van der Waals surface area contributed by atoms with Gasteiger partial charge in [-0.1, -0.05) is 53.0 Å². The lowest BCUT2D eigenvalue weighted by atomic mass is 10.1. The van der Waals surface area contributed by atoms with Gasteiger partial charge in [0, 0.05) is 13.4 Å². The van der Waals surface area contributed by atoms with Crippen molar-refractivity contribution in [3.63, 3.8) is 0 Å². The Bertz CT molecular complexity index is 1330. The summed E-state index contributed by atoms with van der Waals surface area (Å²) in [5, 5.41) is 1.96. The van der Waals surface area contributed by atoms with Gasteiger partial charge in [-0.2, -0.15) is 0 Å². The predicted molar refractivity (Wildman–Crippen MR) is 162 cm³/mol. The minimum atomic E-state index is -4.08. The van der Waals surface area contributed by atoms with Gasteiger partial charge in [0.05, 0.1) is 33.4 Å². The van der Waals surface area contributed by atoms with Crippen LogP contribution in [0.15, 0.2) is 49.8 Å². The fraction of sp³-hybridized carbons (Fsp3) is 0.333. The predicted octanol–water partition coefficient (Wildman–Crippen LogP) is 11.5. The summed E-state index contributed by atoms with van der Waals surface area (Å²) < 4.78 is 36.1. The molecule has 6 rings (SSSR count). The second-order valence-electron chi connectivity index (χ2n) is 9.63. The second-order valence-corrected chi connectivity index (χ2v) is 14.9. The second kappa shape index (κ2) is 11.1. The first kappa shape index (κ1) is 28.2. The van der Waals surface area contributed by atoms with Crippen LogP contribution in [-0.2, 0) is 37.4 Å². The molecule has 0 fully saturated rings. The number of hydrogen-bond acceptors (Lipinski definition) is 4. The van der Waals surface area contributed by atoms with Crippen LogP contribution < -0.4 is 0 Å². The molecule has 200 valence electrons. The van der Waals surface area contributed by atoms with E-state index in [1.807, 2.05) is 36.4 Å². The maximum absolute atomic E-state index is 14.6. The minimum absolute atomic E-state index is 0.467. The van der Waals surface area contributed by atoms with Crippen molar-refractivity contribution in [2.24, 2.45) is 0 Å². The zero-order valence-electron chi connectivity index (χ0n) is 19.8. The van der Waals surface area contributed by atoms with Crippen molar-refractivity contribution in [2.75, 3.05) is 0 Å². The van der Waals surface area contributed by atoms with Crippen molar-refractivity contribution in [2.45, 2.75) is 56.8 Å². The molecule has 38 heavy (non-hydrogen) atoms. The Hall–Kier alpha value is 0.0800. The molecule has 0 saturated carbocycles. The van der Waals surface area contributed by atoms with Crippen LogP contribution in [0.25, 0.3) is 0 Å². The van der Waals surface area contributed by atoms with Crippen LogP contribution in [0.5, 0.6) is 0 Å². The lowest BCUT2D eigenvalue weighted by Crippen LogP contribution is -2.10. The highest BCUT2D eigenvalue weighted by atomic mass is 79.9. The first-order chi connectivity index (χ1) is 18.1. The van der Waals surface area contributed by atoms with Crippen LogP contribution >= 0.6 is 90.4 Å². The van der Waals surface area contributed by atoms with E-state index in [2.05, 4.69) is 47.8 Å². The SMILES string of the molecule is O=P(OC1CCc2c1ccc(Br)c2Cl)(OC1CCc2c1ccc(Br)c2Cl)OC1CCc2c1ccc(Br)c2Cl. The molecule has 3 unspecified atom stereocenters. The van der Waals surface area contributed by atoms with Crippen molar-refractivity contribution in [1.82, 2.24) is 0 Å². The molecule has 0 radical (unpaired) electrons. The van der Waals surface area contributed by atoms with E-state index < -0.39 is 26.1 Å². The fourth-order valence-electron chi connectivity index (χ4n) is 5.65. The topological polar surface area (TPSA) is 44.8 Å². The molecular formula is C27H21Br3Cl3O4P. The third kappa shape index (κ3) is 5.12. The summed E-state index contributed by atoms with van der Waals surface area (Å²) in [6.45, 7) is 0. The van der Waals surface area contributed by atoms with E-state index in [4.69, 9.17) is 48.4 Å². The van der Waals surface area contributed by atoms with Gasteiger partial charge in [0.2, 0.25) is 0 Å². The molecule has 0 amide bonds. The van der Waals surface area contributed by atoms with Crippen molar-refractivity contribution in [3.8, 4) is 0 Å². The quantitative estimate of drug-likeness (QED) is 0.234. The summed E-state index contributed by atoms with van der Waals surface area (Å²) in [7, 11) is -4.08. The van der Waals surface area contributed by atoms with Crippen LogP contribution in [0.2, 0.25) is 15.1 Å². The molecule has 0 N–H and O–H groups in total. The summed E-state index contributed by atoms with van der Waals surface area (Å²) in [6.07, 6.45) is 2.62. The van der Waals surface area contributed by atoms with Crippen molar-refractivity contribution >= 4 is 90.4 Å². The number of benzene rings is 3. The average Bonchev–Trinajstić information content (AvgIpc) is 3.59. The lowest BCUT2D eigenvalue weighted by molar-refractivity contribution is 0.0302. The molecule has 3 aliphatic carbocycles. The monoisotopic (exact) mass is 782 g/mol. The van der Waals surface area contributed by atoms with Gasteiger partial charge in [0.1, 0.15) is 0 Å². The standard InChI is InChI=1S/C27H21Br3Cl3O4P/c28-19-7-1-13-16(25(19)31)4-10-22(13)35-38(34,36-23-11-5-17-14(23)2-8-20(29)26(17)32)37-24-12-6-18-15(24)3-9-21(30)27(18)33/h1-3,7-9,22-24H,4-6,10-12H2. The zero-order chi connectivity index (χ0) is 26.8. The highest BCUT2D eigenvalue weighted by Gasteiger charge is 2.43. The summed E-state index contributed by atoms with van der Waals surface area (Å²) in [5.74, 6) is 0. The van der Waals surface area contributed by atoms with Gasteiger partial charge in [0.25, 0.3) is 0 Å². The van der Waals surface area contributed by atoms with Crippen LogP contribution in [0.1, 0.15) is 71.0 Å². The van der Waals surface area contributed by atoms with Gasteiger partial charge >= 0.3 is 7.82 Å². The Morgan fingerprint density at radius 1 is 0.579 bits per heavy atom. The van der Waals surface area contributed by atoms with Gasteiger partial charge in [-0.3, -0.25) is 13.6 Å². The van der Waals surface area contributed by atoms with E-state index in [1.54, 1.807) is 0 Å². The number of phosphoric ester groups is 1. The Morgan fingerprint density at radius 3 is 1.16 bits per heavy atom. The third-order valence-electron chi connectivity index (χ3n) is 7.48. The fourth-order valence-corrected chi connectivity index (χ4v) is 9.31. The van der Waals surface area contributed by atoms with E-state index in [1.165, 1.54) is 0 Å². The molecule has 0 heterocycles. The molecule has 3 aliphatic rings. The van der Waals surface area contributed by atoms with E-state index >= 15 is 0 Å². The molecule has 0 bridgehead atoms. The van der Waals surface area contributed by atoms with E-state index in [0.29, 0.717) is 53.6 Å².